The first kappa shape index (κ1) is 19.3. The minimum atomic E-state index is -1.17. The summed E-state index contributed by atoms with van der Waals surface area (Å²) in [7, 11) is 1.63. The lowest BCUT2D eigenvalue weighted by Crippen LogP contribution is -2.56. The summed E-state index contributed by atoms with van der Waals surface area (Å²) < 4.78 is 4.06. The first-order valence-electron chi connectivity index (χ1n) is 9.01. The molecular formula is C21H24N2O3S. The number of hydrogen-bond donors (Lipinski definition) is 1. The van der Waals surface area contributed by atoms with Crippen LogP contribution in [0.3, 0.4) is 0 Å². The van der Waals surface area contributed by atoms with E-state index in [1.54, 1.807) is 18.9 Å². The lowest BCUT2D eigenvalue weighted by atomic mass is 10.1. The molecule has 1 N–H and O–H groups in total. The van der Waals surface area contributed by atoms with Gasteiger partial charge in [-0.1, -0.05) is 36.0 Å². The fraction of sp³-hybridized carbons (Fsp3) is 0.333. The molecule has 1 heterocycles. The normalized spacial score (nSPS) is 18.8. The Kier molecular flexibility index (Phi) is 5.75. The van der Waals surface area contributed by atoms with Crippen molar-refractivity contribution in [2.24, 2.45) is 0 Å². The molecule has 0 radical (unpaired) electrons. The summed E-state index contributed by atoms with van der Waals surface area (Å²) >= 11 is 1.32. The van der Waals surface area contributed by atoms with E-state index in [9.17, 15) is 9.59 Å². The molecule has 6 heteroatoms. The molecule has 0 aromatic heterocycles. The summed E-state index contributed by atoms with van der Waals surface area (Å²) in [6.07, 6.45) is 0.673. The van der Waals surface area contributed by atoms with Crippen molar-refractivity contribution in [1.29, 1.82) is 0 Å². The van der Waals surface area contributed by atoms with E-state index in [0.29, 0.717) is 19.5 Å². The van der Waals surface area contributed by atoms with E-state index in [0.717, 1.165) is 21.9 Å². The van der Waals surface area contributed by atoms with Crippen LogP contribution in [0.4, 0.5) is 5.69 Å². The third kappa shape index (κ3) is 3.81. The number of benzene rings is 2. The molecule has 1 unspecified atom stereocenters. The van der Waals surface area contributed by atoms with Gasteiger partial charge >= 0.3 is 0 Å². The van der Waals surface area contributed by atoms with Gasteiger partial charge in [-0.2, -0.15) is 0 Å². The van der Waals surface area contributed by atoms with Crippen LogP contribution >= 0.6 is 11.8 Å². The number of rotatable bonds is 6. The summed E-state index contributed by atoms with van der Waals surface area (Å²) in [6, 6.07) is 15.5. The molecule has 5 nitrogen and oxygen atoms in total. The van der Waals surface area contributed by atoms with Crippen molar-refractivity contribution in [3.05, 3.63) is 54.1 Å². The Labute approximate surface area is 164 Å². The highest BCUT2D eigenvalue weighted by Crippen LogP contribution is 2.45. The summed E-state index contributed by atoms with van der Waals surface area (Å²) in [5.74, 6) is 0.361. The Morgan fingerprint density at radius 2 is 2.00 bits per heavy atom. The highest BCUT2D eigenvalue weighted by molar-refractivity contribution is 8.02. The molecule has 3 rings (SSSR count). The molecule has 0 saturated carbocycles. The summed E-state index contributed by atoms with van der Waals surface area (Å²) in [5, 5.41) is 2.94. The van der Waals surface area contributed by atoms with Gasteiger partial charge in [-0.3, -0.25) is 9.59 Å². The van der Waals surface area contributed by atoms with Crippen LogP contribution in [0.1, 0.15) is 19.4 Å². The van der Waals surface area contributed by atoms with Crippen molar-refractivity contribution < 1.29 is 14.3 Å². The molecule has 0 saturated heterocycles. The number of thioether (sulfide) groups is 1. The fourth-order valence-corrected chi connectivity index (χ4v) is 4.40. The molecule has 1 aliphatic heterocycles. The van der Waals surface area contributed by atoms with Crippen LogP contribution in [0.2, 0.25) is 0 Å². The summed E-state index contributed by atoms with van der Waals surface area (Å²) in [5.41, 5.74) is 1.94. The van der Waals surface area contributed by atoms with E-state index in [1.807, 2.05) is 55.5 Å². The molecule has 0 spiro atoms. The SMILES string of the molecule is CCN1C(=O)C(C)(C(=O)NCCc2cccc(OC)c2)Sc2ccccc21. The van der Waals surface area contributed by atoms with Gasteiger partial charge in [0.15, 0.2) is 4.75 Å². The number of methoxy groups -OCH3 is 1. The van der Waals surface area contributed by atoms with Crippen molar-refractivity contribution in [3.63, 3.8) is 0 Å². The third-order valence-corrected chi connectivity index (χ3v) is 6.04. The predicted molar refractivity (Wildman–Crippen MR) is 108 cm³/mol. The molecule has 2 aromatic carbocycles. The van der Waals surface area contributed by atoms with E-state index in [2.05, 4.69) is 5.32 Å². The van der Waals surface area contributed by atoms with Crippen molar-refractivity contribution >= 4 is 29.3 Å². The predicted octanol–water partition coefficient (Wildman–Crippen LogP) is 3.27. The van der Waals surface area contributed by atoms with Gasteiger partial charge in [0.2, 0.25) is 5.91 Å². The number of carbonyl (C=O) groups is 2. The summed E-state index contributed by atoms with van der Waals surface area (Å²) in [4.78, 5) is 28.6. The largest absolute Gasteiger partial charge is 0.497 e. The number of nitrogens with zero attached hydrogens (tertiary/aromatic N) is 1. The Morgan fingerprint density at radius 3 is 2.74 bits per heavy atom. The second-order valence-electron chi connectivity index (χ2n) is 6.51. The Hall–Kier alpha value is -2.47. The average molecular weight is 385 g/mol. The quantitative estimate of drug-likeness (QED) is 0.777. The minimum absolute atomic E-state index is 0.174. The molecule has 0 fully saturated rings. The van der Waals surface area contributed by atoms with Gasteiger partial charge in [0.25, 0.3) is 5.91 Å². The van der Waals surface area contributed by atoms with Gasteiger partial charge in [0.05, 0.1) is 12.8 Å². The van der Waals surface area contributed by atoms with Gasteiger partial charge in [-0.15, -0.1) is 0 Å². The Balaban J connectivity index is 1.71. The molecule has 2 aromatic rings. The van der Waals surface area contributed by atoms with E-state index in [-0.39, 0.29) is 11.8 Å². The van der Waals surface area contributed by atoms with Gasteiger partial charge < -0.3 is 15.0 Å². The van der Waals surface area contributed by atoms with Crippen LogP contribution in [0, 0.1) is 0 Å². The lowest BCUT2D eigenvalue weighted by molar-refractivity contribution is -0.131. The number of hydrogen-bond acceptors (Lipinski definition) is 4. The molecule has 27 heavy (non-hydrogen) atoms. The number of nitrogens with one attached hydrogen (secondary N) is 1. The lowest BCUT2D eigenvalue weighted by Gasteiger charge is -2.38. The topological polar surface area (TPSA) is 58.6 Å². The number of amides is 2. The smallest absolute Gasteiger partial charge is 0.252 e. The van der Waals surface area contributed by atoms with E-state index < -0.39 is 4.75 Å². The zero-order chi connectivity index (χ0) is 19.4. The minimum Gasteiger partial charge on any atom is -0.497 e. The Morgan fingerprint density at radius 1 is 1.22 bits per heavy atom. The average Bonchev–Trinajstić information content (AvgIpc) is 2.69. The van der Waals surface area contributed by atoms with E-state index in [1.165, 1.54) is 11.8 Å². The monoisotopic (exact) mass is 384 g/mol. The third-order valence-electron chi connectivity index (χ3n) is 4.71. The first-order chi connectivity index (χ1) is 13.0. The maximum absolute atomic E-state index is 13.0. The maximum atomic E-state index is 13.0. The Bertz CT molecular complexity index is 855. The van der Waals surface area contributed by atoms with Gasteiger partial charge in [0, 0.05) is 18.0 Å². The van der Waals surface area contributed by atoms with Crippen LogP contribution in [0.25, 0.3) is 0 Å². The van der Waals surface area contributed by atoms with Gasteiger partial charge in [-0.05, 0) is 50.1 Å². The fourth-order valence-electron chi connectivity index (χ4n) is 3.17. The van der Waals surface area contributed by atoms with Crippen LogP contribution in [0.15, 0.2) is 53.4 Å². The van der Waals surface area contributed by atoms with Crippen molar-refractivity contribution in [3.8, 4) is 5.75 Å². The number of fused-ring (bicyclic) bond motifs is 1. The van der Waals surface area contributed by atoms with Crippen LogP contribution in [-0.2, 0) is 16.0 Å². The highest BCUT2D eigenvalue weighted by Gasteiger charge is 2.48. The molecule has 2 amide bonds. The molecule has 1 aliphatic rings. The number of para-hydroxylation sites is 1. The zero-order valence-corrected chi connectivity index (χ0v) is 16.6. The van der Waals surface area contributed by atoms with Gasteiger partial charge in [0.1, 0.15) is 5.75 Å². The first-order valence-corrected chi connectivity index (χ1v) is 9.82. The number of anilines is 1. The van der Waals surface area contributed by atoms with Crippen LogP contribution in [0.5, 0.6) is 5.75 Å². The standard InChI is InChI=1S/C21H24N2O3S/c1-4-23-17-10-5-6-11-18(17)27-21(2,20(23)25)19(24)22-13-12-15-8-7-9-16(14-15)26-3/h5-11,14H,4,12-13H2,1-3H3,(H,22,24). The molecular weight excluding hydrogens is 360 g/mol. The number of ether oxygens (including phenoxy) is 1. The number of carbonyl (C=O) groups excluding carboxylic acids is 2. The maximum Gasteiger partial charge on any atom is 0.252 e. The van der Waals surface area contributed by atoms with Crippen LogP contribution < -0.4 is 15.0 Å². The molecule has 0 bridgehead atoms. The summed E-state index contributed by atoms with van der Waals surface area (Å²) in [6.45, 7) is 4.62. The molecule has 1 atom stereocenters. The van der Waals surface area contributed by atoms with Crippen molar-refractivity contribution in [2.75, 3.05) is 25.1 Å². The molecule has 142 valence electrons. The van der Waals surface area contributed by atoms with E-state index >= 15 is 0 Å². The van der Waals surface area contributed by atoms with Crippen molar-refractivity contribution in [2.45, 2.75) is 29.9 Å². The van der Waals surface area contributed by atoms with E-state index in [4.69, 9.17) is 4.74 Å². The molecule has 0 aliphatic carbocycles. The second kappa shape index (κ2) is 8.05. The second-order valence-corrected chi connectivity index (χ2v) is 7.97. The van der Waals surface area contributed by atoms with Gasteiger partial charge in [-0.25, -0.2) is 0 Å². The van der Waals surface area contributed by atoms with Crippen molar-refractivity contribution in [1.82, 2.24) is 5.32 Å². The highest BCUT2D eigenvalue weighted by atomic mass is 32.2. The zero-order valence-electron chi connectivity index (χ0n) is 15.8. The van der Waals surface area contributed by atoms with Crippen LogP contribution in [-0.4, -0.2) is 36.8 Å².